The zero-order chi connectivity index (χ0) is 19.0. The van der Waals surface area contributed by atoms with Crippen molar-refractivity contribution in [2.75, 3.05) is 19.7 Å². The van der Waals surface area contributed by atoms with Crippen LogP contribution < -0.4 is 15.4 Å². The molecule has 29 heavy (non-hydrogen) atoms. The predicted octanol–water partition coefficient (Wildman–Crippen LogP) is 4.03. The normalized spacial score (nSPS) is 22.6. The third-order valence-electron chi connectivity index (χ3n) is 6.79. The molecule has 1 spiro atoms. The standard InChI is InChI=1S/C24H28N2O2.ClH/c27-23(20-16-24(20)10-12-25-13-11-24)26-22(17-5-2-1-3-6-17)19-8-9-21-18(15-19)7-4-14-28-21;/h1-3,5-6,8-9,15,20,22,25H,4,7,10-14,16H2,(H,26,27);1H. The summed E-state index contributed by atoms with van der Waals surface area (Å²) in [6.07, 6.45) is 5.38. The molecule has 1 saturated heterocycles. The zero-order valence-corrected chi connectivity index (χ0v) is 17.5. The van der Waals surface area contributed by atoms with E-state index in [1.165, 1.54) is 5.56 Å². The van der Waals surface area contributed by atoms with Crippen LogP contribution in [-0.2, 0) is 11.2 Å². The fourth-order valence-corrected chi connectivity index (χ4v) is 5.00. The van der Waals surface area contributed by atoms with E-state index in [4.69, 9.17) is 4.74 Å². The van der Waals surface area contributed by atoms with Gasteiger partial charge in [0.15, 0.2) is 0 Å². The molecular formula is C24H29ClN2O2. The molecule has 0 bridgehead atoms. The molecule has 2 heterocycles. The molecular weight excluding hydrogens is 384 g/mol. The Morgan fingerprint density at radius 1 is 1.10 bits per heavy atom. The van der Waals surface area contributed by atoms with E-state index in [1.807, 2.05) is 18.2 Å². The van der Waals surface area contributed by atoms with Crippen LogP contribution in [0.3, 0.4) is 0 Å². The van der Waals surface area contributed by atoms with Gasteiger partial charge in [0.25, 0.3) is 0 Å². The summed E-state index contributed by atoms with van der Waals surface area (Å²) in [4.78, 5) is 13.2. The Bertz CT molecular complexity index is 864. The molecule has 1 saturated carbocycles. The number of aryl methyl sites for hydroxylation is 1. The first-order valence-corrected chi connectivity index (χ1v) is 10.6. The summed E-state index contributed by atoms with van der Waals surface area (Å²) in [6, 6.07) is 16.6. The Morgan fingerprint density at radius 3 is 2.69 bits per heavy atom. The van der Waals surface area contributed by atoms with Gasteiger partial charge < -0.3 is 15.4 Å². The molecule has 2 aliphatic heterocycles. The van der Waals surface area contributed by atoms with E-state index in [1.54, 1.807) is 0 Å². The fourth-order valence-electron chi connectivity index (χ4n) is 5.00. The van der Waals surface area contributed by atoms with Crippen molar-refractivity contribution >= 4 is 18.3 Å². The second-order valence-corrected chi connectivity index (χ2v) is 8.54. The van der Waals surface area contributed by atoms with E-state index in [0.29, 0.717) is 0 Å². The molecule has 2 fully saturated rings. The monoisotopic (exact) mass is 412 g/mol. The van der Waals surface area contributed by atoms with Crippen LogP contribution in [0.25, 0.3) is 0 Å². The molecule has 4 nitrogen and oxygen atoms in total. The number of ether oxygens (including phenoxy) is 1. The Morgan fingerprint density at radius 2 is 1.90 bits per heavy atom. The van der Waals surface area contributed by atoms with Crippen molar-refractivity contribution in [3.05, 3.63) is 65.2 Å². The van der Waals surface area contributed by atoms with E-state index in [0.717, 1.165) is 68.7 Å². The molecule has 3 aliphatic rings. The Kier molecular flexibility index (Phi) is 5.84. The summed E-state index contributed by atoms with van der Waals surface area (Å²) in [5, 5.41) is 6.81. The maximum atomic E-state index is 13.2. The number of piperidine rings is 1. The minimum Gasteiger partial charge on any atom is -0.493 e. The fraction of sp³-hybridized carbons (Fsp3) is 0.458. The van der Waals surface area contributed by atoms with Gasteiger partial charge in [-0.1, -0.05) is 36.4 Å². The van der Waals surface area contributed by atoms with Crippen LogP contribution in [0.15, 0.2) is 48.5 Å². The highest BCUT2D eigenvalue weighted by molar-refractivity contribution is 5.85. The number of amides is 1. The first-order chi connectivity index (χ1) is 13.8. The van der Waals surface area contributed by atoms with Crippen molar-refractivity contribution in [3.8, 4) is 5.75 Å². The number of carbonyl (C=O) groups excluding carboxylic acids is 1. The summed E-state index contributed by atoms with van der Waals surface area (Å²) in [6.45, 7) is 2.87. The highest BCUT2D eigenvalue weighted by Gasteiger charge is 2.57. The molecule has 1 amide bonds. The van der Waals surface area contributed by atoms with Crippen molar-refractivity contribution in [1.29, 1.82) is 0 Å². The second-order valence-electron chi connectivity index (χ2n) is 8.54. The summed E-state index contributed by atoms with van der Waals surface area (Å²) in [7, 11) is 0. The van der Waals surface area contributed by atoms with Gasteiger partial charge in [-0.25, -0.2) is 0 Å². The van der Waals surface area contributed by atoms with Gasteiger partial charge in [-0.15, -0.1) is 12.4 Å². The quantitative estimate of drug-likeness (QED) is 0.797. The Balaban J connectivity index is 0.00000205. The molecule has 2 unspecified atom stereocenters. The Labute approximate surface area is 178 Å². The minimum absolute atomic E-state index is 0. The van der Waals surface area contributed by atoms with Crippen LogP contribution in [0.2, 0.25) is 0 Å². The zero-order valence-electron chi connectivity index (χ0n) is 16.7. The average Bonchev–Trinajstić information content (AvgIpc) is 3.45. The molecule has 2 atom stereocenters. The minimum atomic E-state index is -0.111. The second kappa shape index (κ2) is 8.37. The summed E-state index contributed by atoms with van der Waals surface area (Å²) in [5.41, 5.74) is 3.77. The van der Waals surface area contributed by atoms with Crippen molar-refractivity contribution in [1.82, 2.24) is 10.6 Å². The van der Waals surface area contributed by atoms with E-state index < -0.39 is 0 Å². The van der Waals surface area contributed by atoms with Gasteiger partial charge in [0.2, 0.25) is 5.91 Å². The topological polar surface area (TPSA) is 50.4 Å². The number of fused-ring (bicyclic) bond motifs is 1. The van der Waals surface area contributed by atoms with Crippen molar-refractivity contribution < 1.29 is 9.53 Å². The van der Waals surface area contributed by atoms with Crippen LogP contribution in [0, 0.1) is 11.3 Å². The van der Waals surface area contributed by atoms with Gasteiger partial charge in [0.05, 0.1) is 12.6 Å². The number of rotatable bonds is 4. The van der Waals surface area contributed by atoms with Crippen LogP contribution in [-0.4, -0.2) is 25.6 Å². The van der Waals surface area contributed by atoms with E-state index in [-0.39, 0.29) is 35.7 Å². The van der Waals surface area contributed by atoms with Gasteiger partial charge in [-0.2, -0.15) is 0 Å². The number of benzene rings is 2. The number of halogens is 1. The van der Waals surface area contributed by atoms with Gasteiger partial charge in [0.1, 0.15) is 5.75 Å². The van der Waals surface area contributed by atoms with Gasteiger partial charge in [-0.3, -0.25) is 4.79 Å². The predicted molar refractivity (Wildman–Crippen MR) is 117 cm³/mol. The van der Waals surface area contributed by atoms with Crippen LogP contribution >= 0.6 is 12.4 Å². The van der Waals surface area contributed by atoms with Gasteiger partial charge in [-0.05, 0) is 79.4 Å². The molecule has 0 radical (unpaired) electrons. The number of carbonyl (C=O) groups is 1. The number of nitrogens with one attached hydrogen (secondary N) is 2. The summed E-state index contributed by atoms with van der Waals surface area (Å²) in [5.74, 6) is 1.37. The highest BCUT2D eigenvalue weighted by Crippen LogP contribution is 2.58. The summed E-state index contributed by atoms with van der Waals surface area (Å²) >= 11 is 0. The van der Waals surface area contributed by atoms with E-state index in [2.05, 4.69) is 41.0 Å². The third-order valence-corrected chi connectivity index (χ3v) is 6.79. The third kappa shape index (κ3) is 4.01. The first-order valence-electron chi connectivity index (χ1n) is 10.6. The van der Waals surface area contributed by atoms with Crippen LogP contribution in [0.4, 0.5) is 0 Å². The lowest BCUT2D eigenvalue weighted by atomic mass is 9.91. The Hall–Kier alpha value is -2.04. The van der Waals surface area contributed by atoms with E-state index in [9.17, 15) is 4.79 Å². The SMILES string of the molecule is Cl.O=C(NC(c1ccccc1)c1ccc2c(c1)CCCO2)C1CC12CCNCC2. The molecule has 2 N–H and O–H groups in total. The van der Waals surface area contributed by atoms with Crippen LogP contribution in [0.5, 0.6) is 5.75 Å². The van der Waals surface area contributed by atoms with Gasteiger partial charge >= 0.3 is 0 Å². The van der Waals surface area contributed by atoms with Crippen molar-refractivity contribution in [2.24, 2.45) is 11.3 Å². The lowest BCUT2D eigenvalue weighted by Crippen LogP contribution is -2.35. The lowest BCUT2D eigenvalue weighted by molar-refractivity contribution is -0.123. The molecule has 5 heteroatoms. The van der Waals surface area contributed by atoms with Gasteiger partial charge in [0, 0.05) is 5.92 Å². The summed E-state index contributed by atoms with van der Waals surface area (Å²) < 4.78 is 5.78. The molecule has 1 aliphatic carbocycles. The van der Waals surface area contributed by atoms with Crippen molar-refractivity contribution in [3.63, 3.8) is 0 Å². The van der Waals surface area contributed by atoms with E-state index >= 15 is 0 Å². The first kappa shape index (κ1) is 20.2. The molecule has 2 aromatic rings. The maximum Gasteiger partial charge on any atom is 0.224 e. The van der Waals surface area contributed by atoms with Crippen LogP contribution in [0.1, 0.15) is 48.4 Å². The average molecular weight is 413 g/mol. The highest BCUT2D eigenvalue weighted by atomic mass is 35.5. The smallest absolute Gasteiger partial charge is 0.224 e. The molecule has 2 aromatic carbocycles. The molecule has 154 valence electrons. The number of hydrogen-bond acceptors (Lipinski definition) is 3. The van der Waals surface area contributed by atoms with Crippen molar-refractivity contribution in [2.45, 2.75) is 38.1 Å². The molecule has 0 aromatic heterocycles. The lowest BCUT2D eigenvalue weighted by Gasteiger charge is -2.25. The number of hydrogen-bond donors (Lipinski definition) is 2. The maximum absolute atomic E-state index is 13.2. The molecule has 5 rings (SSSR count). The largest absolute Gasteiger partial charge is 0.493 e.